The maximum atomic E-state index is 12.0. The van der Waals surface area contributed by atoms with Crippen molar-refractivity contribution in [2.45, 2.75) is 65.6 Å². The third kappa shape index (κ3) is 5.72. The van der Waals surface area contributed by atoms with Crippen LogP contribution in [0.3, 0.4) is 0 Å². The van der Waals surface area contributed by atoms with Crippen LogP contribution in [0.2, 0.25) is 0 Å². The lowest BCUT2D eigenvalue weighted by molar-refractivity contribution is -0.136. The Morgan fingerprint density at radius 3 is 2.16 bits per heavy atom. The molecule has 1 aliphatic rings. The van der Waals surface area contributed by atoms with E-state index in [0.717, 1.165) is 25.9 Å². The number of ketones is 1. The first-order chi connectivity index (χ1) is 8.90. The van der Waals surface area contributed by atoms with Crippen LogP contribution in [-0.2, 0) is 14.3 Å². The van der Waals surface area contributed by atoms with Gasteiger partial charge in [-0.1, -0.05) is 13.8 Å². The summed E-state index contributed by atoms with van der Waals surface area (Å²) in [6.45, 7) is 9.34. The first-order valence-corrected chi connectivity index (χ1v) is 7.36. The van der Waals surface area contributed by atoms with Gasteiger partial charge in [-0.2, -0.15) is 0 Å². The fourth-order valence-corrected chi connectivity index (χ4v) is 2.30. The van der Waals surface area contributed by atoms with Crippen molar-refractivity contribution in [2.75, 3.05) is 13.1 Å². The van der Waals surface area contributed by atoms with Crippen molar-refractivity contribution in [3.8, 4) is 0 Å². The normalized spacial score (nSPS) is 17.3. The fourth-order valence-electron chi connectivity index (χ4n) is 2.30. The van der Waals surface area contributed by atoms with E-state index in [2.05, 4.69) is 0 Å². The van der Waals surface area contributed by atoms with E-state index >= 15 is 0 Å². The summed E-state index contributed by atoms with van der Waals surface area (Å²) in [5.74, 6) is 0.307. The largest absolute Gasteiger partial charge is 0.375 e. The summed E-state index contributed by atoms with van der Waals surface area (Å²) in [6.07, 6.45) is 3.06. The summed E-state index contributed by atoms with van der Waals surface area (Å²) in [7, 11) is 0. The van der Waals surface area contributed by atoms with Gasteiger partial charge >= 0.3 is 0 Å². The molecule has 1 amide bonds. The Labute approximate surface area is 116 Å². The Balaban J connectivity index is 2.27. The van der Waals surface area contributed by atoms with Gasteiger partial charge < -0.3 is 9.64 Å². The highest BCUT2D eigenvalue weighted by molar-refractivity contribution is 5.86. The first-order valence-electron chi connectivity index (χ1n) is 7.36. The van der Waals surface area contributed by atoms with Gasteiger partial charge in [0.2, 0.25) is 5.91 Å². The van der Waals surface area contributed by atoms with E-state index in [1.54, 1.807) is 0 Å². The molecule has 0 aromatic rings. The SMILES string of the molecule is CC(C)OC1CCN(C(=O)CCC(=O)C(C)C)CC1. The van der Waals surface area contributed by atoms with Crippen LogP contribution in [0.4, 0.5) is 0 Å². The van der Waals surface area contributed by atoms with Crippen LogP contribution in [0.25, 0.3) is 0 Å². The smallest absolute Gasteiger partial charge is 0.223 e. The average molecular weight is 269 g/mol. The third-order valence-corrected chi connectivity index (χ3v) is 3.49. The van der Waals surface area contributed by atoms with E-state index in [4.69, 9.17) is 4.74 Å². The Hall–Kier alpha value is -0.900. The van der Waals surface area contributed by atoms with Crippen LogP contribution in [0.1, 0.15) is 53.4 Å². The van der Waals surface area contributed by atoms with Crippen LogP contribution in [0.5, 0.6) is 0 Å². The molecule has 0 saturated carbocycles. The predicted octanol–water partition coefficient (Wildman–Crippen LogP) is 2.41. The van der Waals surface area contributed by atoms with Crippen molar-refractivity contribution in [1.29, 1.82) is 0 Å². The number of likely N-dealkylation sites (tertiary alicyclic amines) is 1. The van der Waals surface area contributed by atoms with Crippen molar-refractivity contribution < 1.29 is 14.3 Å². The topological polar surface area (TPSA) is 46.6 Å². The van der Waals surface area contributed by atoms with Gasteiger partial charge in [0.1, 0.15) is 5.78 Å². The van der Waals surface area contributed by atoms with Gasteiger partial charge in [0, 0.05) is 31.8 Å². The molecular weight excluding hydrogens is 242 g/mol. The van der Waals surface area contributed by atoms with Gasteiger partial charge in [-0.25, -0.2) is 0 Å². The minimum absolute atomic E-state index is 0.0259. The number of hydrogen-bond donors (Lipinski definition) is 0. The molecule has 0 aliphatic carbocycles. The minimum atomic E-state index is 0.0259. The molecule has 0 radical (unpaired) electrons. The van der Waals surface area contributed by atoms with Crippen molar-refractivity contribution in [1.82, 2.24) is 4.90 Å². The van der Waals surface area contributed by atoms with E-state index in [1.165, 1.54) is 0 Å². The maximum absolute atomic E-state index is 12.0. The van der Waals surface area contributed by atoms with Crippen molar-refractivity contribution in [3.05, 3.63) is 0 Å². The quantitative estimate of drug-likeness (QED) is 0.744. The Morgan fingerprint density at radius 1 is 1.11 bits per heavy atom. The van der Waals surface area contributed by atoms with Crippen LogP contribution in [0, 0.1) is 5.92 Å². The number of Topliss-reactive ketones (excluding diaryl/α,β-unsaturated/α-hetero) is 1. The summed E-state index contributed by atoms with van der Waals surface area (Å²) in [5.41, 5.74) is 0. The summed E-state index contributed by atoms with van der Waals surface area (Å²) in [4.78, 5) is 25.4. The van der Waals surface area contributed by atoms with E-state index < -0.39 is 0 Å². The molecule has 4 nitrogen and oxygen atoms in total. The molecule has 0 aromatic carbocycles. The molecular formula is C15H27NO3. The van der Waals surface area contributed by atoms with E-state index in [0.29, 0.717) is 12.8 Å². The highest BCUT2D eigenvalue weighted by Crippen LogP contribution is 2.16. The zero-order chi connectivity index (χ0) is 14.4. The standard InChI is InChI=1S/C15H27NO3/c1-11(2)14(17)5-6-15(18)16-9-7-13(8-10-16)19-12(3)4/h11-13H,5-10H2,1-4H3. The predicted molar refractivity (Wildman–Crippen MR) is 74.9 cm³/mol. The number of carbonyl (C=O) groups excluding carboxylic acids is 2. The molecule has 1 aliphatic heterocycles. The molecule has 0 atom stereocenters. The van der Waals surface area contributed by atoms with Gasteiger partial charge in [0.15, 0.2) is 0 Å². The number of hydrogen-bond acceptors (Lipinski definition) is 3. The number of amides is 1. The maximum Gasteiger partial charge on any atom is 0.223 e. The second kappa shape index (κ2) is 7.63. The van der Waals surface area contributed by atoms with Gasteiger partial charge in [-0.3, -0.25) is 9.59 Å². The average Bonchev–Trinajstić information content (AvgIpc) is 2.35. The minimum Gasteiger partial charge on any atom is -0.375 e. The number of piperidine rings is 1. The van der Waals surface area contributed by atoms with Crippen molar-refractivity contribution in [3.63, 3.8) is 0 Å². The number of nitrogens with zero attached hydrogens (tertiary/aromatic N) is 1. The monoisotopic (exact) mass is 269 g/mol. The highest BCUT2D eigenvalue weighted by Gasteiger charge is 2.24. The summed E-state index contributed by atoms with van der Waals surface area (Å²) in [6, 6.07) is 0. The van der Waals surface area contributed by atoms with Gasteiger partial charge in [-0.05, 0) is 26.7 Å². The number of ether oxygens (including phenoxy) is 1. The molecule has 0 spiro atoms. The lowest BCUT2D eigenvalue weighted by atomic mass is 10.0. The highest BCUT2D eigenvalue weighted by atomic mass is 16.5. The Kier molecular flexibility index (Phi) is 6.49. The summed E-state index contributed by atoms with van der Waals surface area (Å²) < 4.78 is 5.76. The van der Waals surface area contributed by atoms with Crippen LogP contribution < -0.4 is 0 Å². The molecule has 1 fully saturated rings. The Morgan fingerprint density at radius 2 is 1.68 bits per heavy atom. The molecule has 0 N–H and O–H groups in total. The number of rotatable bonds is 6. The zero-order valence-corrected chi connectivity index (χ0v) is 12.6. The van der Waals surface area contributed by atoms with Crippen molar-refractivity contribution >= 4 is 11.7 Å². The van der Waals surface area contributed by atoms with E-state index in [-0.39, 0.29) is 29.8 Å². The molecule has 1 rings (SSSR count). The van der Waals surface area contributed by atoms with Gasteiger partial charge in [-0.15, -0.1) is 0 Å². The van der Waals surface area contributed by atoms with E-state index in [1.807, 2.05) is 32.6 Å². The van der Waals surface area contributed by atoms with Gasteiger partial charge in [0.05, 0.1) is 12.2 Å². The zero-order valence-electron chi connectivity index (χ0n) is 12.6. The number of carbonyl (C=O) groups is 2. The van der Waals surface area contributed by atoms with Gasteiger partial charge in [0.25, 0.3) is 0 Å². The molecule has 110 valence electrons. The molecule has 0 bridgehead atoms. The lowest BCUT2D eigenvalue weighted by Gasteiger charge is -2.33. The summed E-state index contributed by atoms with van der Waals surface area (Å²) >= 11 is 0. The third-order valence-electron chi connectivity index (χ3n) is 3.49. The summed E-state index contributed by atoms with van der Waals surface area (Å²) in [5, 5.41) is 0. The lowest BCUT2D eigenvalue weighted by Crippen LogP contribution is -2.41. The molecule has 4 heteroatoms. The van der Waals surface area contributed by atoms with Crippen LogP contribution >= 0.6 is 0 Å². The van der Waals surface area contributed by atoms with Crippen LogP contribution in [0.15, 0.2) is 0 Å². The van der Waals surface area contributed by atoms with Crippen molar-refractivity contribution in [2.24, 2.45) is 5.92 Å². The van der Waals surface area contributed by atoms with Crippen LogP contribution in [-0.4, -0.2) is 41.9 Å². The fraction of sp³-hybridized carbons (Fsp3) is 0.867. The molecule has 1 saturated heterocycles. The first kappa shape index (κ1) is 16.2. The molecule has 0 aromatic heterocycles. The second-order valence-electron chi connectivity index (χ2n) is 5.89. The Bertz CT molecular complexity index is 305. The molecule has 0 unspecified atom stereocenters. The van der Waals surface area contributed by atoms with E-state index in [9.17, 15) is 9.59 Å². The molecule has 1 heterocycles. The molecule has 19 heavy (non-hydrogen) atoms. The second-order valence-corrected chi connectivity index (χ2v) is 5.89.